The third-order valence-electron chi connectivity index (χ3n) is 4.91. The first-order valence-electron chi connectivity index (χ1n) is 9.06. The molecule has 1 aliphatic heterocycles. The molecular formula is C21H22N2O3. The van der Waals surface area contributed by atoms with E-state index in [1.807, 2.05) is 36.4 Å². The molecule has 0 spiro atoms. The van der Waals surface area contributed by atoms with Crippen molar-refractivity contribution in [3.8, 4) is 17.2 Å². The number of methoxy groups -OCH3 is 1. The van der Waals surface area contributed by atoms with E-state index in [-0.39, 0.29) is 11.7 Å². The number of hydrogen-bond donors (Lipinski definition) is 0. The first-order valence-corrected chi connectivity index (χ1v) is 9.06. The van der Waals surface area contributed by atoms with Crippen molar-refractivity contribution in [2.75, 3.05) is 7.11 Å². The Morgan fingerprint density at radius 2 is 2.08 bits per heavy atom. The second-order valence-corrected chi connectivity index (χ2v) is 6.61. The Hall–Kier alpha value is -2.82. The summed E-state index contributed by atoms with van der Waals surface area (Å²) in [6.45, 7) is 2.16. The second kappa shape index (κ2) is 6.83. The highest BCUT2D eigenvalue weighted by atomic mass is 16.5. The van der Waals surface area contributed by atoms with Crippen LogP contribution in [-0.4, -0.2) is 22.8 Å². The predicted octanol–water partition coefficient (Wildman–Crippen LogP) is 3.89. The van der Waals surface area contributed by atoms with Gasteiger partial charge in [-0.1, -0.05) is 19.8 Å². The molecule has 3 heterocycles. The number of fused-ring (bicyclic) bond motifs is 3. The summed E-state index contributed by atoms with van der Waals surface area (Å²) in [6, 6.07) is 11.3. The summed E-state index contributed by atoms with van der Waals surface area (Å²) in [4.78, 5) is 17.7. The van der Waals surface area contributed by atoms with E-state index in [9.17, 15) is 4.79 Å². The minimum atomic E-state index is -0.0460. The Bertz CT molecular complexity index is 993. The number of pyridine rings is 2. The quantitative estimate of drug-likeness (QED) is 0.700. The molecule has 0 saturated heterocycles. The second-order valence-electron chi connectivity index (χ2n) is 6.61. The lowest BCUT2D eigenvalue weighted by Gasteiger charge is -2.13. The van der Waals surface area contributed by atoms with Crippen molar-refractivity contribution in [1.82, 2.24) is 9.55 Å². The lowest BCUT2D eigenvalue weighted by atomic mass is 10.1. The molecule has 0 radical (unpaired) electrons. The molecule has 0 aliphatic carbocycles. The van der Waals surface area contributed by atoms with Crippen molar-refractivity contribution in [3.05, 3.63) is 58.5 Å². The first kappa shape index (κ1) is 16.6. The zero-order valence-corrected chi connectivity index (χ0v) is 15.1. The smallest absolute Gasteiger partial charge is 0.263 e. The predicted molar refractivity (Wildman–Crippen MR) is 102 cm³/mol. The molecule has 0 amide bonds. The summed E-state index contributed by atoms with van der Waals surface area (Å²) in [5.41, 5.74) is 2.11. The lowest BCUT2D eigenvalue weighted by molar-refractivity contribution is 0.219. The summed E-state index contributed by atoms with van der Waals surface area (Å²) < 4.78 is 13.1. The van der Waals surface area contributed by atoms with E-state index >= 15 is 0 Å². The molecule has 1 atom stereocenters. The van der Waals surface area contributed by atoms with Gasteiger partial charge >= 0.3 is 0 Å². The van der Waals surface area contributed by atoms with E-state index < -0.39 is 0 Å². The van der Waals surface area contributed by atoms with Crippen LogP contribution in [0, 0.1) is 0 Å². The standard InChI is InChI=1S/C21H22N2O3/c1-3-4-6-16-13-18-19(26-16)17-7-5-12-22-20(17)23(21(18)24)14-8-10-15(25-2)11-9-14/h5,7-12,16H,3-4,6,13H2,1-2H3. The molecule has 5 heteroatoms. The topological polar surface area (TPSA) is 53.4 Å². The lowest BCUT2D eigenvalue weighted by Crippen LogP contribution is -2.23. The van der Waals surface area contributed by atoms with Crippen LogP contribution in [0.5, 0.6) is 11.5 Å². The van der Waals surface area contributed by atoms with Gasteiger partial charge in [0, 0.05) is 12.6 Å². The Balaban J connectivity index is 1.89. The van der Waals surface area contributed by atoms with Crippen molar-refractivity contribution in [2.24, 2.45) is 0 Å². The molecular weight excluding hydrogens is 328 g/mol. The molecule has 5 nitrogen and oxygen atoms in total. The molecule has 0 bridgehead atoms. The fraction of sp³-hybridized carbons (Fsp3) is 0.333. The average molecular weight is 350 g/mol. The molecule has 0 saturated carbocycles. The fourth-order valence-corrected chi connectivity index (χ4v) is 3.56. The highest BCUT2D eigenvalue weighted by Crippen LogP contribution is 2.35. The van der Waals surface area contributed by atoms with E-state index in [0.717, 1.165) is 41.6 Å². The van der Waals surface area contributed by atoms with Crippen LogP contribution in [0.1, 0.15) is 31.7 Å². The summed E-state index contributed by atoms with van der Waals surface area (Å²) in [7, 11) is 1.63. The molecule has 1 unspecified atom stereocenters. The largest absolute Gasteiger partial charge is 0.497 e. The van der Waals surface area contributed by atoms with Gasteiger partial charge < -0.3 is 9.47 Å². The average Bonchev–Trinajstić information content (AvgIpc) is 3.12. The van der Waals surface area contributed by atoms with Gasteiger partial charge in [-0.05, 0) is 42.8 Å². The van der Waals surface area contributed by atoms with Crippen LogP contribution in [0.2, 0.25) is 0 Å². The van der Waals surface area contributed by atoms with Crippen LogP contribution < -0.4 is 15.0 Å². The SMILES string of the molecule is CCCCC1Cc2c(c3cccnc3n(-c3ccc(OC)cc3)c2=O)O1. The first-order chi connectivity index (χ1) is 12.7. The fourth-order valence-electron chi connectivity index (χ4n) is 3.56. The van der Waals surface area contributed by atoms with Gasteiger partial charge in [-0.3, -0.25) is 9.36 Å². The van der Waals surface area contributed by atoms with E-state index in [0.29, 0.717) is 17.8 Å². The Labute approximate surface area is 152 Å². The normalized spacial score (nSPS) is 15.7. The number of unbranched alkanes of at least 4 members (excludes halogenated alkanes) is 1. The third kappa shape index (κ3) is 2.73. The Kier molecular flexibility index (Phi) is 4.37. The van der Waals surface area contributed by atoms with E-state index in [2.05, 4.69) is 11.9 Å². The van der Waals surface area contributed by atoms with Crippen molar-refractivity contribution < 1.29 is 9.47 Å². The summed E-state index contributed by atoms with van der Waals surface area (Å²) in [5, 5.41) is 0.886. The maximum atomic E-state index is 13.3. The molecule has 4 rings (SSSR count). The van der Waals surface area contributed by atoms with Gasteiger partial charge in [0.05, 0.1) is 23.7 Å². The van der Waals surface area contributed by atoms with Crippen molar-refractivity contribution in [1.29, 1.82) is 0 Å². The summed E-state index contributed by atoms with van der Waals surface area (Å²) >= 11 is 0. The maximum Gasteiger partial charge on any atom is 0.263 e. The van der Waals surface area contributed by atoms with Gasteiger partial charge in [-0.15, -0.1) is 0 Å². The molecule has 0 fully saturated rings. The van der Waals surface area contributed by atoms with Gasteiger partial charge in [0.2, 0.25) is 0 Å². The van der Waals surface area contributed by atoms with Crippen molar-refractivity contribution in [2.45, 2.75) is 38.7 Å². The minimum absolute atomic E-state index is 0.0460. The Morgan fingerprint density at radius 1 is 1.27 bits per heavy atom. The molecule has 134 valence electrons. The minimum Gasteiger partial charge on any atom is -0.497 e. The van der Waals surface area contributed by atoms with Crippen LogP contribution in [0.3, 0.4) is 0 Å². The van der Waals surface area contributed by atoms with Gasteiger partial charge in [0.25, 0.3) is 5.56 Å². The summed E-state index contributed by atoms with van der Waals surface area (Å²) in [6.07, 6.45) is 5.63. The number of aromatic nitrogens is 2. The number of benzene rings is 1. The third-order valence-corrected chi connectivity index (χ3v) is 4.91. The monoisotopic (exact) mass is 350 g/mol. The van der Waals surface area contributed by atoms with E-state index in [1.54, 1.807) is 17.9 Å². The maximum absolute atomic E-state index is 13.3. The number of hydrogen-bond acceptors (Lipinski definition) is 4. The van der Waals surface area contributed by atoms with Crippen molar-refractivity contribution in [3.63, 3.8) is 0 Å². The Morgan fingerprint density at radius 3 is 2.81 bits per heavy atom. The molecule has 3 aromatic rings. The molecule has 26 heavy (non-hydrogen) atoms. The van der Waals surface area contributed by atoms with E-state index in [1.165, 1.54) is 0 Å². The molecule has 1 aromatic carbocycles. The number of rotatable bonds is 5. The van der Waals surface area contributed by atoms with Crippen LogP contribution in [0.25, 0.3) is 16.7 Å². The zero-order valence-electron chi connectivity index (χ0n) is 15.1. The summed E-state index contributed by atoms with van der Waals surface area (Å²) in [5.74, 6) is 1.46. The number of ether oxygens (including phenoxy) is 2. The molecule has 1 aliphatic rings. The van der Waals surface area contributed by atoms with Gasteiger partial charge in [-0.25, -0.2) is 4.98 Å². The van der Waals surface area contributed by atoms with Crippen molar-refractivity contribution >= 4 is 11.0 Å². The molecule has 2 aromatic heterocycles. The zero-order chi connectivity index (χ0) is 18.1. The van der Waals surface area contributed by atoms with Crippen LogP contribution in [0.15, 0.2) is 47.4 Å². The van der Waals surface area contributed by atoms with E-state index in [4.69, 9.17) is 9.47 Å². The number of nitrogens with zero attached hydrogens (tertiary/aromatic N) is 2. The van der Waals surface area contributed by atoms with Gasteiger partial charge in [-0.2, -0.15) is 0 Å². The van der Waals surface area contributed by atoms with Crippen LogP contribution in [0.4, 0.5) is 0 Å². The molecule has 0 N–H and O–H groups in total. The highest BCUT2D eigenvalue weighted by molar-refractivity contribution is 5.85. The van der Waals surface area contributed by atoms with Gasteiger partial charge in [0.15, 0.2) is 5.65 Å². The van der Waals surface area contributed by atoms with Crippen LogP contribution >= 0.6 is 0 Å². The highest BCUT2D eigenvalue weighted by Gasteiger charge is 2.29. The van der Waals surface area contributed by atoms with Gasteiger partial charge in [0.1, 0.15) is 17.6 Å². The van der Waals surface area contributed by atoms with Crippen LogP contribution in [-0.2, 0) is 6.42 Å².